The second-order valence-electron chi connectivity index (χ2n) is 4.18. The number of aromatic nitrogens is 1. The zero-order chi connectivity index (χ0) is 13.9. The van der Waals surface area contributed by atoms with Crippen LogP contribution in [0.25, 0.3) is 26.7 Å². The molecule has 0 radical (unpaired) electrons. The van der Waals surface area contributed by atoms with Gasteiger partial charge in [-0.25, -0.2) is 9.83 Å². The molecule has 3 aromatic rings. The molecule has 0 saturated heterocycles. The zero-order valence-corrected chi connectivity index (χ0v) is 11.9. The Labute approximate surface area is 126 Å². The summed E-state index contributed by atoms with van der Waals surface area (Å²) >= 11 is 7.75. The summed E-state index contributed by atoms with van der Waals surface area (Å²) in [7, 11) is 0. The molecule has 1 aromatic heterocycles. The Bertz CT molecular complexity index is 785. The molecule has 2 nitrogen and oxygen atoms in total. The molecule has 0 aliphatic heterocycles. The van der Waals surface area contributed by atoms with E-state index in [9.17, 15) is 0 Å². The Hall–Kier alpha value is -2.15. The number of benzene rings is 2. The zero-order valence-electron chi connectivity index (χ0n) is 10.4. The Morgan fingerprint density at radius 2 is 1.80 bits per heavy atom. The van der Waals surface area contributed by atoms with E-state index in [0.717, 1.165) is 21.8 Å². The first-order valence-electron chi connectivity index (χ1n) is 5.96. The maximum absolute atomic E-state index is 6.96. The van der Waals surface area contributed by atoms with Gasteiger partial charge in [-0.1, -0.05) is 54.1 Å². The molecule has 0 bridgehead atoms. The number of thiazole rings is 1. The molecule has 0 spiro atoms. The van der Waals surface area contributed by atoms with Gasteiger partial charge in [-0.2, -0.15) is 0 Å². The Morgan fingerprint density at radius 3 is 2.50 bits per heavy atom. The van der Waals surface area contributed by atoms with Crippen LogP contribution in [0.15, 0.2) is 53.9 Å². The predicted octanol–water partition coefficient (Wildman–Crippen LogP) is 5.68. The molecular weight excluding hydrogens is 288 g/mol. The van der Waals surface area contributed by atoms with Crippen molar-refractivity contribution in [3.8, 4) is 21.8 Å². The smallest absolute Gasteiger partial charge is 0.187 e. The van der Waals surface area contributed by atoms with Crippen molar-refractivity contribution in [1.82, 2.24) is 4.98 Å². The SMILES string of the molecule is [C-]#[N+]c1ccc(-c2csc(-c3ccccc3Cl)n2)cc1. The van der Waals surface area contributed by atoms with Crippen molar-refractivity contribution in [3.63, 3.8) is 0 Å². The molecule has 2 aromatic carbocycles. The van der Waals surface area contributed by atoms with Gasteiger partial charge in [0.1, 0.15) is 5.01 Å². The Balaban J connectivity index is 1.98. The highest BCUT2D eigenvalue weighted by atomic mass is 35.5. The van der Waals surface area contributed by atoms with Crippen LogP contribution in [-0.2, 0) is 0 Å². The first-order valence-corrected chi connectivity index (χ1v) is 7.22. The summed E-state index contributed by atoms with van der Waals surface area (Å²) in [5.41, 5.74) is 3.49. The molecule has 0 aliphatic rings. The molecule has 0 fully saturated rings. The third-order valence-corrected chi connectivity index (χ3v) is 4.11. The number of rotatable bonds is 2. The molecule has 0 amide bonds. The fraction of sp³-hybridized carbons (Fsp3) is 0. The van der Waals surface area contributed by atoms with Crippen molar-refractivity contribution in [3.05, 3.63) is 70.4 Å². The molecule has 0 N–H and O–H groups in total. The predicted molar refractivity (Wildman–Crippen MR) is 84.3 cm³/mol. The van der Waals surface area contributed by atoms with Gasteiger partial charge < -0.3 is 0 Å². The lowest BCUT2D eigenvalue weighted by Gasteiger charge is -1.99. The van der Waals surface area contributed by atoms with Crippen LogP contribution in [0.1, 0.15) is 0 Å². The van der Waals surface area contributed by atoms with Crippen LogP contribution in [0.3, 0.4) is 0 Å². The molecule has 96 valence electrons. The van der Waals surface area contributed by atoms with Crippen LogP contribution in [0.5, 0.6) is 0 Å². The summed E-state index contributed by atoms with van der Waals surface area (Å²) in [5, 5.41) is 3.61. The fourth-order valence-electron chi connectivity index (χ4n) is 1.87. The molecule has 3 rings (SSSR count). The van der Waals surface area contributed by atoms with E-state index in [-0.39, 0.29) is 0 Å². The lowest BCUT2D eigenvalue weighted by atomic mass is 10.1. The van der Waals surface area contributed by atoms with E-state index in [2.05, 4.69) is 9.83 Å². The second kappa shape index (κ2) is 5.46. The van der Waals surface area contributed by atoms with Gasteiger partial charge in [0.2, 0.25) is 0 Å². The summed E-state index contributed by atoms with van der Waals surface area (Å²) in [6.07, 6.45) is 0. The van der Waals surface area contributed by atoms with Crippen molar-refractivity contribution < 1.29 is 0 Å². The molecule has 1 heterocycles. The molecular formula is C16H9ClN2S. The summed E-state index contributed by atoms with van der Waals surface area (Å²) in [6, 6.07) is 15.1. The first-order chi connectivity index (χ1) is 9.78. The first kappa shape index (κ1) is 12.9. The van der Waals surface area contributed by atoms with E-state index in [1.807, 2.05) is 41.8 Å². The molecule has 0 unspecified atom stereocenters. The van der Waals surface area contributed by atoms with Crippen LogP contribution in [0.4, 0.5) is 5.69 Å². The summed E-state index contributed by atoms with van der Waals surface area (Å²) < 4.78 is 0. The average Bonchev–Trinajstić information content (AvgIpc) is 2.97. The third-order valence-electron chi connectivity index (χ3n) is 2.90. The summed E-state index contributed by atoms with van der Waals surface area (Å²) in [6.45, 7) is 6.96. The van der Waals surface area contributed by atoms with Crippen LogP contribution in [-0.4, -0.2) is 4.98 Å². The van der Waals surface area contributed by atoms with Crippen molar-refractivity contribution in [2.75, 3.05) is 0 Å². The van der Waals surface area contributed by atoms with Gasteiger partial charge in [-0.15, -0.1) is 11.3 Å². The van der Waals surface area contributed by atoms with Gasteiger partial charge in [-0.3, -0.25) is 0 Å². The van der Waals surface area contributed by atoms with E-state index < -0.39 is 0 Å². The largest absolute Gasteiger partial charge is 0.238 e. The fourth-order valence-corrected chi connectivity index (χ4v) is 3.02. The van der Waals surface area contributed by atoms with E-state index in [1.165, 1.54) is 0 Å². The van der Waals surface area contributed by atoms with Crippen LogP contribution >= 0.6 is 22.9 Å². The summed E-state index contributed by atoms with van der Waals surface area (Å²) in [5.74, 6) is 0. The maximum atomic E-state index is 6.96. The Kier molecular flexibility index (Phi) is 3.51. The van der Waals surface area contributed by atoms with E-state index in [1.54, 1.807) is 23.5 Å². The topological polar surface area (TPSA) is 17.2 Å². The normalized spacial score (nSPS) is 10.2. The van der Waals surface area contributed by atoms with Crippen molar-refractivity contribution in [2.24, 2.45) is 0 Å². The van der Waals surface area contributed by atoms with E-state index in [4.69, 9.17) is 18.2 Å². The minimum absolute atomic E-state index is 0.635. The highest BCUT2D eigenvalue weighted by molar-refractivity contribution is 7.13. The lowest BCUT2D eigenvalue weighted by Crippen LogP contribution is -1.80. The highest BCUT2D eigenvalue weighted by Gasteiger charge is 2.09. The van der Waals surface area contributed by atoms with Gasteiger partial charge >= 0.3 is 0 Å². The number of nitrogens with zero attached hydrogens (tertiary/aromatic N) is 2. The van der Waals surface area contributed by atoms with Crippen molar-refractivity contribution >= 4 is 28.6 Å². The lowest BCUT2D eigenvalue weighted by molar-refractivity contribution is 1.40. The van der Waals surface area contributed by atoms with E-state index in [0.29, 0.717) is 10.7 Å². The van der Waals surface area contributed by atoms with Gasteiger partial charge in [0.15, 0.2) is 5.69 Å². The monoisotopic (exact) mass is 296 g/mol. The number of hydrogen-bond donors (Lipinski definition) is 0. The van der Waals surface area contributed by atoms with Crippen molar-refractivity contribution in [1.29, 1.82) is 0 Å². The van der Waals surface area contributed by atoms with Crippen LogP contribution in [0, 0.1) is 6.57 Å². The van der Waals surface area contributed by atoms with Crippen molar-refractivity contribution in [2.45, 2.75) is 0 Å². The van der Waals surface area contributed by atoms with Gasteiger partial charge in [-0.05, 0) is 11.6 Å². The van der Waals surface area contributed by atoms with Gasteiger partial charge in [0.05, 0.1) is 17.3 Å². The molecule has 0 atom stereocenters. The van der Waals surface area contributed by atoms with Gasteiger partial charge in [0, 0.05) is 10.9 Å². The highest BCUT2D eigenvalue weighted by Crippen LogP contribution is 2.33. The third kappa shape index (κ3) is 2.44. The number of halogens is 1. The molecule has 4 heteroatoms. The molecule has 20 heavy (non-hydrogen) atoms. The van der Waals surface area contributed by atoms with Crippen LogP contribution in [0.2, 0.25) is 5.02 Å². The standard InChI is InChI=1S/C16H9ClN2S/c1-18-12-8-6-11(7-9-12)15-10-20-16(19-15)13-4-2-3-5-14(13)17/h2-10H. The Morgan fingerprint density at radius 1 is 1.05 bits per heavy atom. The van der Waals surface area contributed by atoms with E-state index >= 15 is 0 Å². The minimum Gasteiger partial charge on any atom is -0.238 e. The minimum atomic E-state index is 0.635. The summed E-state index contributed by atoms with van der Waals surface area (Å²) in [4.78, 5) is 8.01. The molecule has 0 aliphatic carbocycles. The second-order valence-corrected chi connectivity index (χ2v) is 5.44. The van der Waals surface area contributed by atoms with Gasteiger partial charge in [0.25, 0.3) is 0 Å². The molecule has 0 saturated carbocycles. The number of hydrogen-bond acceptors (Lipinski definition) is 2. The van der Waals surface area contributed by atoms with Crippen LogP contribution < -0.4 is 0 Å². The quantitative estimate of drug-likeness (QED) is 0.556. The average molecular weight is 297 g/mol. The maximum Gasteiger partial charge on any atom is 0.187 e.